The molecule has 1 aliphatic rings. The first-order chi connectivity index (χ1) is 12.4. The molecule has 0 aliphatic carbocycles. The number of hydrogen-bond donors (Lipinski definition) is 1. The molecule has 0 saturated carbocycles. The molecule has 0 fully saturated rings. The van der Waals surface area contributed by atoms with Gasteiger partial charge in [0.15, 0.2) is 0 Å². The molecule has 4 rings (SSSR count). The van der Waals surface area contributed by atoms with E-state index in [4.69, 9.17) is 0 Å². The van der Waals surface area contributed by atoms with Crippen LogP contribution in [0, 0.1) is 0 Å². The minimum absolute atomic E-state index is 0.0260. The lowest BCUT2D eigenvalue weighted by atomic mass is 10.0. The molecule has 132 valence electrons. The second kappa shape index (κ2) is 5.77. The van der Waals surface area contributed by atoms with Crippen molar-refractivity contribution in [1.29, 1.82) is 0 Å². The molecule has 26 heavy (non-hydrogen) atoms. The summed E-state index contributed by atoms with van der Waals surface area (Å²) in [5, 5.41) is 3.37. The number of carbonyl (C=O) groups excluding carboxylic acids is 1. The summed E-state index contributed by atoms with van der Waals surface area (Å²) >= 11 is 0. The smallest absolute Gasteiger partial charge is 0.269 e. The van der Waals surface area contributed by atoms with Crippen LogP contribution in [-0.2, 0) is 15.8 Å². The Morgan fingerprint density at radius 2 is 2.00 bits per heavy atom. The molecule has 7 nitrogen and oxygen atoms in total. The topological polar surface area (TPSA) is 92.3 Å². The summed E-state index contributed by atoms with van der Waals surface area (Å²) in [6.45, 7) is 0. The highest BCUT2D eigenvalue weighted by Crippen LogP contribution is 2.36. The van der Waals surface area contributed by atoms with Crippen molar-refractivity contribution in [3.05, 3.63) is 54.0 Å². The zero-order chi connectivity index (χ0) is 18.5. The maximum atomic E-state index is 12.1. The Bertz CT molecular complexity index is 1160. The molecule has 0 saturated heterocycles. The SMILES string of the molecule is CNC(=O)c1ccc2cncc(-c3ccc4c(c3)CS(=O)(=O)N4C)c2n1. The van der Waals surface area contributed by atoms with Crippen LogP contribution in [0.25, 0.3) is 22.0 Å². The fraction of sp³-hybridized carbons (Fsp3) is 0.167. The van der Waals surface area contributed by atoms with Crippen molar-refractivity contribution in [1.82, 2.24) is 15.3 Å². The predicted octanol–water partition coefficient (Wildman–Crippen LogP) is 1.94. The largest absolute Gasteiger partial charge is 0.354 e. The minimum atomic E-state index is -3.30. The van der Waals surface area contributed by atoms with E-state index in [1.807, 2.05) is 12.1 Å². The predicted molar refractivity (Wildman–Crippen MR) is 99.4 cm³/mol. The lowest BCUT2D eigenvalue weighted by Gasteiger charge is -2.12. The second-order valence-corrected chi connectivity index (χ2v) is 8.10. The number of hydrogen-bond acceptors (Lipinski definition) is 5. The number of nitrogens with zero attached hydrogens (tertiary/aromatic N) is 3. The fourth-order valence-electron chi connectivity index (χ4n) is 3.13. The number of fused-ring (bicyclic) bond motifs is 2. The second-order valence-electron chi connectivity index (χ2n) is 6.10. The molecule has 0 radical (unpaired) electrons. The van der Waals surface area contributed by atoms with Gasteiger partial charge in [0.05, 0.1) is 17.0 Å². The molecule has 0 spiro atoms. The minimum Gasteiger partial charge on any atom is -0.354 e. The number of benzene rings is 1. The summed E-state index contributed by atoms with van der Waals surface area (Å²) in [5.41, 5.74) is 3.95. The van der Waals surface area contributed by atoms with Gasteiger partial charge >= 0.3 is 0 Å². The van der Waals surface area contributed by atoms with E-state index in [1.165, 1.54) is 4.31 Å². The summed E-state index contributed by atoms with van der Waals surface area (Å²) in [7, 11) is -0.190. The summed E-state index contributed by atoms with van der Waals surface area (Å²) in [4.78, 5) is 20.6. The van der Waals surface area contributed by atoms with Crippen LogP contribution in [0.1, 0.15) is 16.1 Å². The highest BCUT2D eigenvalue weighted by Gasteiger charge is 2.30. The van der Waals surface area contributed by atoms with Crippen molar-refractivity contribution in [2.75, 3.05) is 18.4 Å². The molecule has 1 aromatic carbocycles. The Kier molecular flexibility index (Phi) is 3.66. The summed E-state index contributed by atoms with van der Waals surface area (Å²) in [5.74, 6) is -0.293. The van der Waals surface area contributed by atoms with Gasteiger partial charge in [0.2, 0.25) is 10.0 Å². The Labute approximate surface area is 150 Å². The Hall–Kier alpha value is -3.00. The van der Waals surface area contributed by atoms with Gasteiger partial charge in [0.25, 0.3) is 5.91 Å². The molecule has 0 bridgehead atoms. The first-order valence-electron chi connectivity index (χ1n) is 7.97. The molecule has 3 aromatic rings. The fourth-order valence-corrected chi connectivity index (χ4v) is 4.42. The molecule has 8 heteroatoms. The number of rotatable bonds is 2. The van der Waals surface area contributed by atoms with Crippen LogP contribution in [0.15, 0.2) is 42.7 Å². The van der Waals surface area contributed by atoms with Crippen LogP contribution in [0.3, 0.4) is 0 Å². The van der Waals surface area contributed by atoms with E-state index in [2.05, 4.69) is 15.3 Å². The number of sulfonamides is 1. The van der Waals surface area contributed by atoms with Crippen LogP contribution in [-0.4, -0.2) is 38.4 Å². The maximum absolute atomic E-state index is 12.1. The molecule has 1 N–H and O–H groups in total. The molecular formula is C18H16N4O3S. The van der Waals surface area contributed by atoms with E-state index in [1.54, 1.807) is 44.7 Å². The highest BCUT2D eigenvalue weighted by molar-refractivity contribution is 7.92. The maximum Gasteiger partial charge on any atom is 0.269 e. The zero-order valence-corrected chi connectivity index (χ0v) is 15.0. The molecule has 1 amide bonds. The van der Waals surface area contributed by atoms with Crippen molar-refractivity contribution in [3.8, 4) is 11.1 Å². The number of carbonyl (C=O) groups is 1. The van der Waals surface area contributed by atoms with Gasteiger partial charge < -0.3 is 5.32 Å². The molecule has 0 atom stereocenters. The van der Waals surface area contributed by atoms with E-state index < -0.39 is 10.0 Å². The van der Waals surface area contributed by atoms with E-state index in [9.17, 15) is 13.2 Å². The lowest BCUT2D eigenvalue weighted by molar-refractivity contribution is 0.0958. The Morgan fingerprint density at radius 3 is 2.77 bits per heavy atom. The van der Waals surface area contributed by atoms with Gasteiger partial charge in [0.1, 0.15) is 5.69 Å². The van der Waals surface area contributed by atoms with Crippen LogP contribution in [0.4, 0.5) is 5.69 Å². The van der Waals surface area contributed by atoms with Crippen LogP contribution in [0.5, 0.6) is 0 Å². The summed E-state index contributed by atoms with van der Waals surface area (Å²) in [6, 6.07) is 8.93. The zero-order valence-electron chi connectivity index (χ0n) is 14.2. The van der Waals surface area contributed by atoms with Gasteiger partial charge in [-0.3, -0.25) is 14.1 Å². The van der Waals surface area contributed by atoms with Crippen LogP contribution < -0.4 is 9.62 Å². The van der Waals surface area contributed by atoms with Crippen molar-refractivity contribution in [2.24, 2.45) is 0 Å². The first-order valence-corrected chi connectivity index (χ1v) is 9.58. The molecular weight excluding hydrogens is 352 g/mol. The van der Waals surface area contributed by atoms with Crippen LogP contribution >= 0.6 is 0 Å². The highest BCUT2D eigenvalue weighted by atomic mass is 32.2. The van der Waals surface area contributed by atoms with Gasteiger partial charge in [-0.1, -0.05) is 6.07 Å². The van der Waals surface area contributed by atoms with Gasteiger partial charge in [0, 0.05) is 37.4 Å². The quantitative estimate of drug-likeness (QED) is 0.746. The summed E-state index contributed by atoms with van der Waals surface area (Å²) in [6.07, 6.45) is 3.36. The number of nitrogens with one attached hydrogen (secondary N) is 1. The molecule has 0 unspecified atom stereocenters. The Balaban J connectivity index is 1.89. The van der Waals surface area contributed by atoms with Crippen molar-refractivity contribution in [3.63, 3.8) is 0 Å². The van der Waals surface area contributed by atoms with E-state index in [0.717, 1.165) is 22.1 Å². The molecule has 2 aromatic heterocycles. The third-order valence-electron chi connectivity index (χ3n) is 4.54. The first kappa shape index (κ1) is 16.5. The van der Waals surface area contributed by atoms with Gasteiger partial charge in [-0.25, -0.2) is 13.4 Å². The third kappa shape index (κ3) is 2.50. The molecule has 3 heterocycles. The molecule has 1 aliphatic heterocycles. The average Bonchev–Trinajstić information content (AvgIpc) is 2.88. The van der Waals surface area contributed by atoms with Crippen molar-refractivity contribution in [2.45, 2.75) is 5.75 Å². The standard InChI is InChI=1S/C18H16N4O3S/c1-19-18(23)15-5-3-12-8-20-9-14(17(12)21-15)11-4-6-16-13(7-11)10-26(24,25)22(16)2/h3-9H,10H2,1-2H3,(H,19,23). The van der Waals surface area contributed by atoms with E-state index in [-0.39, 0.29) is 11.7 Å². The van der Waals surface area contributed by atoms with Gasteiger partial charge in [-0.05, 0) is 35.4 Å². The van der Waals surface area contributed by atoms with Crippen LogP contribution in [0.2, 0.25) is 0 Å². The average molecular weight is 368 g/mol. The van der Waals surface area contributed by atoms with Crippen molar-refractivity contribution < 1.29 is 13.2 Å². The van der Waals surface area contributed by atoms with E-state index >= 15 is 0 Å². The normalized spacial score (nSPS) is 15.1. The van der Waals surface area contributed by atoms with E-state index in [0.29, 0.717) is 16.9 Å². The third-order valence-corrected chi connectivity index (χ3v) is 6.25. The number of pyridine rings is 2. The van der Waals surface area contributed by atoms with Crippen molar-refractivity contribution >= 4 is 32.5 Å². The number of amides is 1. The van der Waals surface area contributed by atoms with Gasteiger partial charge in [-0.15, -0.1) is 0 Å². The lowest BCUT2D eigenvalue weighted by Crippen LogP contribution is -2.20. The monoisotopic (exact) mass is 368 g/mol. The summed E-state index contributed by atoms with van der Waals surface area (Å²) < 4.78 is 25.5. The number of anilines is 1. The number of aromatic nitrogens is 2. The van der Waals surface area contributed by atoms with Gasteiger partial charge in [-0.2, -0.15) is 0 Å². The Morgan fingerprint density at radius 1 is 1.19 bits per heavy atom.